The molecule has 0 atom stereocenters. The summed E-state index contributed by atoms with van der Waals surface area (Å²) in [6.45, 7) is 7.38. The Morgan fingerprint density at radius 3 is 2.38 bits per heavy atom. The van der Waals surface area contributed by atoms with Crippen molar-refractivity contribution in [2.45, 2.75) is 33.3 Å². The third-order valence-electron chi connectivity index (χ3n) is 2.02. The highest BCUT2D eigenvalue weighted by atomic mass is 79.9. The smallest absolute Gasteiger partial charge is 0.338 e. The Kier molecular flexibility index (Phi) is 3.63. The molecule has 0 aliphatic rings. The molecule has 0 radical (unpaired) electrons. The van der Waals surface area contributed by atoms with Crippen molar-refractivity contribution in [2.75, 3.05) is 5.73 Å². The Morgan fingerprint density at radius 2 is 1.94 bits per heavy atom. The molecule has 16 heavy (non-hydrogen) atoms. The van der Waals surface area contributed by atoms with E-state index in [9.17, 15) is 4.79 Å². The normalized spacial score (nSPS) is 11.3. The van der Waals surface area contributed by atoms with Gasteiger partial charge in [-0.1, -0.05) is 15.9 Å². The molecule has 0 spiro atoms. The molecule has 4 heteroatoms. The van der Waals surface area contributed by atoms with Crippen LogP contribution in [0.15, 0.2) is 16.6 Å². The predicted molar refractivity (Wildman–Crippen MR) is 68.5 cm³/mol. The summed E-state index contributed by atoms with van der Waals surface area (Å²) >= 11 is 3.36. The average Bonchev–Trinajstić information content (AvgIpc) is 2.10. The van der Waals surface area contributed by atoms with Crippen molar-refractivity contribution in [1.29, 1.82) is 0 Å². The van der Waals surface area contributed by atoms with Gasteiger partial charge >= 0.3 is 5.97 Å². The molecule has 0 saturated carbocycles. The first-order valence-corrected chi connectivity index (χ1v) is 5.79. The van der Waals surface area contributed by atoms with Crippen LogP contribution in [0.2, 0.25) is 0 Å². The van der Waals surface area contributed by atoms with E-state index < -0.39 is 5.60 Å². The highest BCUT2D eigenvalue weighted by Crippen LogP contribution is 2.25. The summed E-state index contributed by atoms with van der Waals surface area (Å²) in [7, 11) is 0. The van der Waals surface area contributed by atoms with Crippen molar-refractivity contribution in [2.24, 2.45) is 0 Å². The van der Waals surface area contributed by atoms with Gasteiger partial charge in [-0.15, -0.1) is 0 Å². The number of benzene rings is 1. The van der Waals surface area contributed by atoms with E-state index in [0.717, 1.165) is 10.0 Å². The van der Waals surface area contributed by atoms with Gasteiger partial charge in [-0.25, -0.2) is 4.79 Å². The second kappa shape index (κ2) is 4.45. The molecule has 0 saturated heterocycles. The predicted octanol–water partition coefficient (Wildman–Crippen LogP) is 3.30. The summed E-state index contributed by atoms with van der Waals surface area (Å²) in [4.78, 5) is 11.8. The first-order valence-electron chi connectivity index (χ1n) is 4.99. The quantitative estimate of drug-likeness (QED) is 0.636. The van der Waals surface area contributed by atoms with Gasteiger partial charge in [0, 0.05) is 10.2 Å². The van der Waals surface area contributed by atoms with Gasteiger partial charge in [-0.2, -0.15) is 0 Å². The monoisotopic (exact) mass is 285 g/mol. The van der Waals surface area contributed by atoms with Crippen LogP contribution in [-0.4, -0.2) is 11.6 Å². The van der Waals surface area contributed by atoms with Crippen molar-refractivity contribution in [1.82, 2.24) is 0 Å². The summed E-state index contributed by atoms with van der Waals surface area (Å²) < 4.78 is 6.07. The molecule has 0 amide bonds. The summed E-state index contributed by atoms with van der Waals surface area (Å²) in [5, 5.41) is 0. The highest BCUT2D eigenvalue weighted by Gasteiger charge is 2.18. The SMILES string of the molecule is Cc1c(N)cc(C(=O)OC(C)(C)C)cc1Br. The maximum absolute atomic E-state index is 11.8. The summed E-state index contributed by atoms with van der Waals surface area (Å²) in [6.07, 6.45) is 0. The number of ether oxygens (including phenoxy) is 1. The van der Waals surface area contributed by atoms with Crippen LogP contribution in [0.1, 0.15) is 36.7 Å². The molecule has 3 nitrogen and oxygen atoms in total. The maximum Gasteiger partial charge on any atom is 0.338 e. The van der Waals surface area contributed by atoms with E-state index in [-0.39, 0.29) is 5.97 Å². The van der Waals surface area contributed by atoms with Crippen LogP contribution in [-0.2, 0) is 4.74 Å². The van der Waals surface area contributed by atoms with Crippen molar-refractivity contribution < 1.29 is 9.53 Å². The van der Waals surface area contributed by atoms with Crippen molar-refractivity contribution >= 4 is 27.6 Å². The Labute approximate surface area is 104 Å². The van der Waals surface area contributed by atoms with E-state index in [0.29, 0.717) is 11.3 Å². The fourth-order valence-corrected chi connectivity index (χ4v) is 1.63. The lowest BCUT2D eigenvalue weighted by atomic mass is 10.1. The number of esters is 1. The molecule has 1 rings (SSSR count). The molecule has 0 fully saturated rings. The molecular formula is C12H16BrNO2. The minimum atomic E-state index is -0.497. The van der Waals surface area contributed by atoms with Crippen LogP contribution in [0, 0.1) is 6.92 Å². The van der Waals surface area contributed by atoms with E-state index in [2.05, 4.69) is 15.9 Å². The third kappa shape index (κ3) is 3.23. The summed E-state index contributed by atoms with van der Waals surface area (Å²) in [6, 6.07) is 3.36. The lowest BCUT2D eigenvalue weighted by molar-refractivity contribution is 0.00695. The molecule has 0 aliphatic heterocycles. The van der Waals surface area contributed by atoms with Gasteiger partial charge in [0.25, 0.3) is 0 Å². The number of hydrogen-bond acceptors (Lipinski definition) is 3. The molecule has 0 unspecified atom stereocenters. The van der Waals surface area contributed by atoms with Crippen LogP contribution in [0.4, 0.5) is 5.69 Å². The van der Waals surface area contributed by atoms with Gasteiger partial charge in [0.05, 0.1) is 5.56 Å². The van der Waals surface area contributed by atoms with Crippen LogP contribution < -0.4 is 5.73 Å². The van der Waals surface area contributed by atoms with E-state index in [1.54, 1.807) is 12.1 Å². The number of nitrogens with two attached hydrogens (primary N) is 1. The van der Waals surface area contributed by atoms with Crippen LogP contribution in [0.5, 0.6) is 0 Å². The number of halogens is 1. The van der Waals surface area contributed by atoms with E-state index in [4.69, 9.17) is 10.5 Å². The standard InChI is InChI=1S/C12H16BrNO2/c1-7-9(13)5-8(6-10(7)14)11(15)16-12(2,3)4/h5-6H,14H2,1-4H3. The van der Waals surface area contributed by atoms with E-state index in [1.165, 1.54) is 0 Å². The minimum Gasteiger partial charge on any atom is -0.456 e. The molecule has 1 aromatic rings. The third-order valence-corrected chi connectivity index (χ3v) is 2.84. The second-order valence-electron chi connectivity index (χ2n) is 4.67. The molecule has 88 valence electrons. The van der Waals surface area contributed by atoms with Gasteiger partial charge < -0.3 is 10.5 Å². The molecule has 0 aromatic heterocycles. The molecule has 0 aliphatic carbocycles. The largest absolute Gasteiger partial charge is 0.456 e. The number of carbonyl (C=O) groups excluding carboxylic acids is 1. The zero-order chi connectivity index (χ0) is 12.5. The Balaban J connectivity index is 3.02. The van der Waals surface area contributed by atoms with Crippen molar-refractivity contribution in [3.8, 4) is 0 Å². The van der Waals surface area contributed by atoms with Gasteiger partial charge in [-0.3, -0.25) is 0 Å². The molecular weight excluding hydrogens is 270 g/mol. The molecule has 0 bridgehead atoms. The van der Waals surface area contributed by atoms with E-state index in [1.807, 2.05) is 27.7 Å². The lowest BCUT2D eigenvalue weighted by Gasteiger charge is -2.19. The zero-order valence-corrected chi connectivity index (χ0v) is 11.5. The van der Waals surface area contributed by atoms with Crippen molar-refractivity contribution in [3.63, 3.8) is 0 Å². The number of rotatable bonds is 1. The minimum absolute atomic E-state index is 0.361. The molecule has 2 N–H and O–H groups in total. The fraction of sp³-hybridized carbons (Fsp3) is 0.417. The van der Waals surface area contributed by atoms with Crippen LogP contribution in [0.3, 0.4) is 0 Å². The van der Waals surface area contributed by atoms with Crippen molar-refractivity contribution in [3.05, 3.63) is 27.7 Å². The maximum atomic E-state index is 11.8. The highest BCUT2D eigenvalue weighted by molar-refractivity contribution is 9.10. The molecule has 1 aromatic carbocycles. The Bertz CT molecular complexity index is 399. The van der Waals surface area contributed by atoms with Crippen LogP contribution >= 0.6 is 15.9 Å². The van der Waals surface area contributed by atoms with Gasteiger partial charge in [0.2, 0.25) is 0 Å². The van der Waals surface area contributed by atoms with Gasteiger partial charge in [-0.05, 0) is 45.4 Å². The first-order chi connectivity index (χ1) is 7.20. The number of anilines is 1. The van der Waals surface area contributed by atoms with Gasteiger partial charge in [0.15, 0.2) is 0 Å². The lowest BCUT2D eigenvalue weighted by Crippen LogP contribution is -2.24. The average molecular weight is 286 g/mol. The van der Waals surface area contributed by atoms with Gasteiger partial charge in [0.1, 0.15) is 5.60 Å². The number of nitrogen functional groups attached to an aromatic ring is 1. The summed E-state index contributed by atoms with van der Waals surface area (Å²) in [5.74, 6) is -0.361. The number of carbonyl (C=O) groups is 1. The second-order valence-corrected chi connectivity index (χ2v) is 5.53. The Morgan fingerprint density at radius 1 is 1.38 bits per heavy atom. The summed E-state index contributed by atoms with van der Waals surface area (Å²) in [5.41, 5.74) is 7.25. The van der Waals surface area contributed by atoms with Crippen LogP contribution in [0.25, 0.3) is 0 Å². The first kappa shape index (κ1) is 13.0. The number of hydrogen-bond donors (Lipinski definition) is 1. The topological polar surface area (TPSA) is 52.3 Å². The zero-order valence-electron chi connectivity index (χ0n) is 9.93. The Hall–Kier alpha value is -1.03. The fourth-order valence-electron chi connectivity index (χ4n) is 1.15. The molecule has 0 heterocycles. The van der Waals surface area contributed by atoms with E-state index >= 15 is 0 Å².